The van der Waals surface area contributed by atoms with Crippen molar-refractivity contribution in [3.63, 3.8) is 0 Å². The van der Waals surface area contributed by atoms with E-state index in [1.165, 1.54) is 12.1 Å². The van der Waals surface area contributed by atoms with Crippen molar-refractivity contribution in [2.75, 3.05) is 18.0 Å². The zero-order chi connectivity index (χ0) is 19.8. The van der Waals surface area contributed by atoms with Gasteiger partial charge in [-0.05, 0) is 56.3 Å². The highest BCUT2D eigenvalue weighted by Crippen LogP contribution is 2.28. The summed E-state index contributed by atoms with van der Waals surface area (Å²) in [5.74, 6) is 0.197. The fourth-order valence-corrected chi connectivity index (χ4v) is 4.98. The molecule has 0 spiro atoms. The molecule has 0 aliphatic carbocycles. The highest BCUT2D eigenvalue weighted by atomic mass is 79.9. The quantitative estimate of drug-likeness (QED) is 0.542. The van der Waals surface area contributed by atoms with Crippen molar-refractivity contribution < 1.29 is 17.4 Å². The molecule has 2 aromatic carbocycles. The Morgan fingerprint density at radius 2 is 1.59 bits per heavy atom. The van der Waals surface area contributed by atoms with E-state index in [2.05, 4.69) is 31.9 Å². The first kappa shape index (κ1) is 20.2. The molecule has 6 nitrogen and oxygen atoms in total. The summed E-state index contributed by atoms with van der Waals surface area (Å²) in [5, 5.41) is 0. The Kier molecular flexibility index (Phi) is 5.83. The first-order valence-electron chi connectivity index (χ1n) is 8.26. The minimum Gasteiger partial charge on any atom is -0.379 e. The van der Waals surface area contributed by atoms with Crippen LogP contribution < -0.4 is 9.08 Å². The van der Waals surface area contributed by atoms with Gasteiger partial charge in [-0.2, -0.15) is 8.42 Å². The van der Waals surface area contributed by atoms with Crippen LogP contribution in [0.15, 0.2) is 56.3 Å². The van der Waals surface area contributed by atoms with Gasteiger partial charge in [0.25, 0.3) is 0 Å². The fraction of sp³-hybridized carbons (Fsp3) is 0.278. The Labute approximate surface area is 175 Å². The lowest BCUT2D eigenvalue weighted by Gasteiger charge is -2.21. The summed E-state index contributed by atoms with van der Waals surface area (Å²) in [6.45, 7) is 5.16. The molecular weight excluding hydrogens is 500 g/mol. The van der Waals surface area contributed by atoms with Crippen LogP contribution in [0.5, 0.6) is 5.75 Å². The summed E-state index contributed by atoms with van der Waals surface area (Å²) in [7, 11) is -3.98. The molecule has 0 atom stereocenters. The van der Waals surface area contributed by atoms with Crippen LogP contribution in [0.1, 0.15) is 13.8 Å². The monoisotopic (exact) mass is 516 g/mol. The Bertz CT molecular complexity index is 942. The molecule has 0 N–H and O–H groups in total. The summed E-state index contributed by atoms with van der Waals surface area (Å²) < 4.78 is 31.6. The standard InChI is InChI=1S/C18H18Br2N2O4S/c1-12(2)21-7-8-22(18(21)23)15-3-5-17(6-4-15)27(24,25)26-16-10-13(19)9-14(20)11-16/h3-6,9-12H,7-8H2,1-2H3. The van der Waals surface area contributed by atoms with Gasteiger partial charge in [-0.1, -0.05) is 31.9 Å². The molecule has 27 heavy (non-hydrogen) atoms. The number of hydrogen-bond acceptors (Lipinski definition) is 4. The first-order chi connectivity index (χ1) is 12.7. The van der Waals surface area contributed by atoms with E-state index < -0.39 is 10.1 Å². The summed E-state index contributed by atoms with van der Waals surface area (Å²) in [5.41, 5.74) is 0.660. The van der Waals surface area contributed by atoms with E-state index in [0.717, 1.165) is 0 Å². The van der Waals surface area contributed by atoms with Crippen LogP contribution in [0.3, 0.4) is 0 Å². The number of hydrogen-bond donors (Lipinski definition) is 0. The maximum Gasteiger partial charge on any atom is 0.339 e. The molecule has 144 valence electrons. The summed E-state index contributed by atoms with van der Waals surface area (Å²) in [4.78, 5) is 15.9. The molecule has 9 heteroatoms. The Balaban J connectivity index is 1.79. The molecule has 1 aliphatic heterocycles. The van der Waals surface area contributed by atoms with E-state index in [4.69, 9.17) is 4.18 Å². The Morgan fingerprint density at radius 1 is 1.00 bits per heavy atom. The molecule has 1 fully saturated rings. The van der Waals surface area contributed by atoms with Crippen LogP contribution in [-0.2, 0) is 10.1 Å². The van der Waals surface area contributed by atoms with Crippen LogP contribution in [0, 0.1) is 0 Å². The number of anilines is 1. The predicted molar refractivity (Wildman–Crippen MR) is 111 cm³/mol. The maximum absolute atomic E-state index is 12.5. The van der Waals surface area contributed by atoms with Crippen LogP contribution in [0.2, 0.25) is 0 Å². The topological polar surface area (TPSA) is 66.9 Å². The molecule has 2 amide bonds. The third-order valence-corrected chi connectivity index (χ3v) is 6.32. The van der Waals surface area contributed by atoms with Gasteiger partial charge < -0.3 is 9.08 Å². The van der Waals surface area contributed by atoms with Crippen LogP contribution in [0.4, 0.5) is 10.5 Å². The molecule has 3 rings (SSSR count). The first-order valence-corrected chi connectivity index (χ1v) is 11.3. The number of rotatable bonds is 5. The number of urea groups is 1. The SMILES string of the molecule is CC(C)N1CCN(c2ccc(S(=O)(=O)Oc3cc(Br)cc(Br)c3)cc2)C1=O. The number of nitrogens with zero attached hydrogens (tertiary/aromatic N) is 2. The van der Waals surface area contributed by atoms with E-state index in [-0.39, 0.29) is 22.7 Å². The lowest BCUT2D eigenvalue weighted by molar-refractivity contribution is 0.209. The molecule has 0 saturated carbocycles. The molecule has 0 radical (unpaired) electrons. The second-order valence-corrected chi connectivity index (χ2v) is 9.74. The maximum atomic E-state index is 12.5. The third-order valence-electron chi connectivity index (χ3n) is 4.14. The van der Waals surface area contributed by atoms with Gasteiger partial charge >= 0.3 is 16.1 Å². The molecular formula is C18H18Br2N2O4S. The van der Waals surface area contributed by atoms with Crippen molar-refractivity contribution in [2.24, 2.45) is 0 Å². The fourth-order valence-electron chi connectivity index (χ4n) is 2.82. The van der Waals surface area contributed by atoms with Gasteiger partial charge in [0.05, 0.1) is 0 Å². The number of halogens is 2. The molecule has 1 saturated heterocycles. The summed E-state index contributed by atoms with van der Waals surface area (Å²) >= 11 is 6.60. The normalized spacial score (nSPS) is 14.9. The van der Waals surface area contributed by atoms with Gasteiger partial charge in [0.2, 0.25) is 0 Å². The van der Waals surface area contributed by atoms with E-state index >= 15 is 0 Å². The van der Waals surface area contributed by atoms with Crippen molar-refractivity contribution in [1.82, 2.24) is 4.90 Å². The van der Waals surface area contributed by atoms with E-state index in [0.29, 0.717) is 27.7 Å². The highest BCUT2D eigenvalue weighted by Gasteiger charge is 2.31. The van der Waals surface area contributed by atoms with E-state index in [1.54, 1.807) is 40.1 Å². The van der Waals surface area contributed by atoms with Crippen molar-refractivity contribution in [3.05, 3.63) is 51.4 Å². The van der Waals surface area contributed by atoms with Gasteiger partial charge in [0.15, 0.2) is 0 Å². The zero-order valence-electron chi connectivity index (χ0n) is 14.7. The minimum absolute atomic E-state index is 0.0229. The van der Waals surface area contributed by atoms with Crippen molar-refractivity contribution >= 4 is 53.7 Å². The molecule has 0 unspecified atom stereocenters. The van der Waals surface area contributed by atoms with E-state index in [9.17, 15) is 13.2 Å². The largest absolute Gasteiger partial charge is 0.379 e. The predicted octanol–water partition coefficient (Wildman–Crippen LogP) is 4.63. The van der Waals surface area contributed by atoms with E-state index in [1.807, 2.05) is 13.8 Å². The number of amides is 2. The van der Waals surface area contributed by atoms with Gasteiger partial charge in [0.1, 0.15) is 10.6 Å². The molecule has 0 bridgehead atoms. The van der Waals surface area contributed by atoms with Crippen LogP contribution in [-0.4, -0.2) is 38.5 Å². The average Bonchev–Trinajstić information content (AvgIpc) is 2.95. The second-order valence-electron chi connectivity index (χ2n) is 6.36. The van der Waals surface area contributed by atoms with Gasteiger partial charge in [-0.15, -0.1) is 0 Å². The van der Waals surface area contributed by atoms with Crippen molar-refractivity contribution in [2.45, 2.75) is 24.8 Å². The molecule has 1 aliphatic rings. The molecule has 0 aromatic heterocycles. The van der Waals surface area contributed by atoms with Crippen LogP contribution >= 0.6 is 31.9 Å². The number of carbonyl (C=O) groups is 1. The lowest BCUT2D eigenvalue weighted by atomic mass is 10.3. The van der Waals surface area contributed by atoms with Crippen molar-refractivity contribution in [1.29, 1.82) is 0 Å². The van der Waals surface area contributed by atoms with Gasteiger partial charge in [0, 0.05) is 33.8 Å². The minimum atomic E-state index is -3.98. The summed E-state index contributed by atoms with van der Waals surface area (Å²) in [6, 6.07) is 11.1. The summed E-state index contributed by atoms with van der Waals surface area (Å²) in [6.07, 6.45) is 0. The highest BCUT2D eigenvalue weighted by molar-refractivity contribution is 9.11. The average molecular weight is 518 g/mol. The molecule has 2 aromatic rings. The second kappa shape index (κ2) is 7.81. The molecule has 1 heterocycles. The van der Waals surface area contributed by atoms with Gasteiger partial charge in [-0.25, -0.2) is 4.79 Å². The van der Waals surface area contributed by atoms with Crippen molar-refractivity contribution in [3.8, 4) is 5.75 Å². The Hall–Kier alpha value is -1.58. The lowest BCUT2D eigenvalue weighted by Crippen LogP contribution is -2.36. The zero-order valence-corrected chi connectivity index (χ0v) is 18.7. The number of benzene rings is 2. The van der Waals surface area contributed by atoms with Gasteiger partial charge in [-0.3, -0.25) is 4.90 Å². The third kappa shape index (κ3) is 4.47. The number of carbonyl (C=O) groups excluding carboxylic acids is 1. The van der Waals surface area contributed by atoms with Crippen LogP contribution in [0.25, 0.3) is 0 Å². The Morgan fingerprint density at radius 3 is 2.11 bits per heavy atom. The smallest absolute Gasteiger partial charge is 0.339 e.